The quantitative estimate of drug-likeness (QED) is 0.565. The lowest BCUT2D eigenvalue weighted by atomic mass is 10.00. The predicted molar refractivity (Wildman–Crippen MR) is 67.2 cm³/mol. The smallest absolute Gasteiger partial charge is 0.298 e. The summed E-state index contributed by atoms with van der Waals surface area (Å²) in [6.45, 7) is 0. The van der Waals surface area contributed by atoms with Gasteiger partial charge in [-0.3, -0.25) is 4.79 Å². The number of hydrogen-bond acceptors (Lipinski definition) is 1. The number of hydrogen-bond donors (Lipinski definition) is 0. The van der Waals surface area contributed by atoms with Gasteiger partial charge in [0.2, 0.25) is 0 Å². The number of carbonyl (C=O) groups excluding carboxylic acids is 1. The Kier molecular flexibility index (Phi) is 3.81. The van der Waals surface area contributed by atoms with Crippen molar-refractivity contribution in [2.75, 3.05) is 0 Å². The summed E-state index contributed by atoms with van der Waals surface area (Å²) in [7, 11) is 0. The highest BCUT2D eigenvalue weighted by Crippen LogP contribution is 2.33. The zero-order chi connectivity index (χ0) is 14.9. The first kappa shape index (κ1) is 14.5. The van der Waals surface area contributed by atoms with E-state index < -0.39 is 17.6 Å². The van der Waals surface area contributed by atoms with Crippen LogP contribution in [0, 0.1) is 5.82 Å². The van der Waals surface area contributed by atoms with Gasteiger partial charge in [-0.05, 0) is 41.5 Å². The Morgan fingerprint density at radius 3 is 2.25 bits per heavy atom. The van der Waals surface area contributed by atoms with Crippen molar-refractivity contribution in [2.45, 2.75) is 6.18 Å². The molecule has 2 aromatic carbocycles. The van der Waals surface area contributed by atoms with Gasteiger partial charge in [0, 0.05) is 5.56 Å². The second kappa shape index (κ2) is 5.25. The lowest BCUT2D eigenvalue weighted by Crippen LogP contribution is -2.06. The number of halogens is 5. The average molecular weight is 303 g/mol. The second-order valence-corrected chi connectivity index (χ2v) is 4.50. The molecule has 2 aromatic rings. The SMILES string of the molecule is O=Cc1cc(-c2ccc(Cl)c(F)c2)cc(C(F)(F)F)c1. The lowest BCUT2D eigenvalue weighted by molar-refractivity contribution is -0.137. The molecular weight excluding hydrogens is 296 g/mol. The third-order valence-corrected chi connectivity index (χ3v) is 2.98. The van der Waals surface area contributed by atoms with E-state index in [1.165, 1.54) is 18.2 Å². The van der Waals surface area contributed by atoms with Crippen molar-refractivity contribution in [1.29, 1.82) is 0 Å². The largest absolute Gasteiger partial charge is 0.416 e. The van der Waals surface area contributed by atoms with Crippen LogP contribution in [0.4, 0.5) is 17.6 Å². The first-order valence-electron chi connectivity index (χ1n) is 5.44. The van der Waals surface area contributed by atoms with Crippen LogP contribution in [0.1, 0.15) is 15.9 Å². The molecule has 0 radical (unpaired) electrons. The molecule has 0 unspecified atom stereocenters. The lowest BCUT2D eigenvalue weighted by Gasteiger charge is -2.10. The van der Waals surface area contributed by atoms with E-state index in [2.05, 4.69) is 0 Å². The van der Waals surface area contributed by atoms with Crippen LogP contribution in [0.15, 0.2) is 36.4 Å². The highest BCUT2D eigenvalue weighted by atomic mass is 35.5. The molecule has 0 amide bonds. The Morgan fingerprint density at radius 1 is 1.00 bits per heavy atom. The first-order chi connectivity index (χ1) is 9.31. The van der Waals surface area contributed by atoms with E-state index in [1.54, 1.807) is 0 Å². The number of rotatable bonds is 2. The Morgan fingerprint density at radius 2 is 1.70 bits per heavy atom. The summed E-state index contributed by atoms with van der Waals surface area (Å²) in [4.78, 5) is 10.7. The molecule has 0 saturated carbocycles. The second-order valence-electron chi connectivity index (χ2n) is 4.09. The maximum Gasteiger partial charge on any atom is 0.416 e. The number of alkyl halides is 3. The van der Waals surface area contributed by atoms with E-state index >= 15 is 0 Å². The fraction of sp³-hybridized carbons (Fsp3) is 0.0714. The maximum atomic E-state index is 13.4. The van der Waals surface area contributed by atoms with E-state index in [-0.39, 0.29) is 21.7 Å². The van der Waals surface area contributed by atoms with E-state index in [9.17, 15) is 22.4 Å². The van der Waals surface area contributed by atoms with Gasteiger partial charge in [-0.25, -0.2) is 4.39 Å². The van der Waals surface area contributed by atoms with Crippen LogP contribution < -0.4 is 0 Å². The van der Waals surface area contributed by atoms with Gasteiger partial charge < -0.3 is 0 Å². The minimum absolute atomic E-state index is 0.0949. The number of benzene rings is 2. The van der Waals surface area contributed by atoms with Crippen molar-refractivity contribution in [3.63, 3.8) is 0 Å². The Hall–Kier alpha value is -1.88. The van der Waals surface area contributed by atoms with Crippen LogP contribution in [0.3, 0.4) is 0 Å². The summed E-state index contributed by atoms with van der Waals surface area (Å²) in [6.07, 6.45) is -4.27. The highest BCUT2D eigenvalue weighted by molar-refractivity contribution is 6.30. The molecule has 0 bridgehead atoms. The zero-order valence-electron chi connectivity index (χ0n) is 9.84. The van der Waals surface area contributed by atoms with Gasteiger partial charge in [-0.1, -0.05) is 17.7 Å². The molecule has 0 aromatic heterocycles. The molecule has 0 saturated heterocycles. The van der Waals surface area contributed by atoms with Crippen molar-refractivity contribution in [1.82, 2.24) is 0 Å². The van der Waals surface area contributed by atoms with Gasteiger partial charge in [-0.2, -0.15) is 13.2 Å². The summed E-state index contributed by atoms with van der Waals surface area (Å²) >= 11 is 5.52. The molecule has 0 N–H and O–H groups in total. The van der Waals surface area contributed by atoms with Crippen molar-refractivity contribution in [2.24, 2.45) is 0 Å². The standard InChI is InChI=1S/C14H7ClF4O/c15-12-2-1-9(6-13(12)16)10-3-8(7-20)4-11(5-10)14(17,18)19/h1-7H. The van der Waals surface area contributed by atoms with E-state index in [1.807, 2.05) is 0 Å². The summed E-state index contributed by atoms with van der Waals surface area (Å²) in [6, 6.07) is 6.50. The Bertz CT molecular complexity index is 665. The van der Waals surface area contributed by atoms with Crippen LogP contribution >= 0.6 is 11.6 Å². The van der Waals surface area contributed by atoms with Gasteiger partial charge in [0.1, 0.15) is 12.1 Å². The van der Waals surface area contributed by atoms with Crippen molar-refractivity contribution in [3.05, 3.63) is 58.4 Å². The van der Waals surface area contributed by atoms with E-state index in [0.717, 1.165) is 18.2 Å². The number of aldehydes is 1. The predicted octanol–water partition coefficient (Wildman–Crippen LogP) is 4.98. The molecule has 0 atom stereocenters. The Labute approximate surface area is 116 Å². The van der Waals surface area contributed by atoms with Gasteiger partial charge in [0.15, 0.2) is 0 Å². The molecule has 0 aliphatic heterocycles. The van der Waals surface area contributed by atoms with Crippen molar-refractivity contribution in [3.8, 4) is 11.1 Å². The van der Waals surface area contributed by atoms with Gasteiger partial charge in [0.25, 0.3) is 0 Å². The zero-order valence-corrected chi connectivity index (χ0v) is 10.6. The fourth-order valence-corrected chi connectivity index (χ4v) is 1.84. The summed E-state index contributed by atoms with van der Waals surface area (Å²) < 4.78 is 51.6. The third kappa shape index (κ3) is 2.99. The molecule has 0 aliphatic carbocycles. The van der Waals surface area contributed by atoms with Crippen LogP contribution in [-0.2, 0) is 6.18 Å². The minimum Gasteiger partial charge on any atom is -0.298 e. The molecule has 0 heterocycles. The molecule has 0 fully saturated rings. The van der Waals surface area contributed by atoms with Crippen LogP contribution in [-0.4, -0.2) is 6.29 Å². The summed E-state index contributed by atoms with van der Waals surface area (Å²) in [5.74, 6) is -0.741. The molecular formula is C14H7ClF4O. The fourth-order valence-electron chi connectivity index (χ4n) is 1.73. The summed E-state index contributed by atoms with van der Waals surface area (Å²) in [5, 5.41) is -0.128. The number of carbonyl (C=O) groups is 1. The van der Waals surface area contributed by atoms with Crippen LogP contribution in [0.25, 0.3) is 11.1 Å². The van der Waals surface area contributed by atoms with E-state index in [0.29, 0.717) is 6.29 Å². The molecule has 6 heteroatoms. The van der Waals surface area contributed by atoms with Gasteiger partial charge in [-0.15, -0.1) is 0 Å². The molecule has 2 rings (SSSR count). The van der Waals surface area contributed by atoms with Crippen LogP contribution in [0.2, 0.25) is 5.02 Å². The highest BCUT2D eigenvalue weighted by Gasteiger charge is 2.31. The normalized spacial score (nSPS) is 11.4. The molecule has 20 heavy (non-hydrogen) atoms. The average Bonchev–Trinajstić information content (AvgIpc) is 2.40. The van der Waals surface area contributed by atoms with E-state index in [4.69, 9.17) is 11.6 Å². The topological polar surface area (TPSA) is 17.1 Å². The van der Waals surface area contributed by atoms with Gasteiger partial charge in [0.05, 0.1) is 10.6 Å². The molecule has 0 spiro atoms. The molecule has 104 valence electrons. The van der Waals surface area contributed by atoms with Crippen molar-refractivity contribution >= 4 is 17.9 Å². The molecule has 1 nitrogen and oxygen atoms in total. The summed E-state index contributed by atoms with van der Waals surface area (Å²) in [5.41, 5.74) is -0.795. The Balaban J connectivity index is 2.61. The monoisotopic (exact) mass is 302 g/mol. The first-order valence-corrected chi connectivity index (χ1v) is 5.82. The van der Waals surface area contributed by atoms with Crippen LogP contribution in [0.5, 0.6) is 0 Å². The molecule has 0 aliphatic rings. The van der Waals surface area contributed by atoms with Gasteiger partial charge >= 0.3 is 6.18 Å². The minimum atomic E-state index is -4.58. The maximum absolute atomic E-state index is 13.4. The van der Waals surface area contributed by atoms with Crippen molar-refractivity contribution < 1.29 is 22.4 Å². The third-order valence-electron chi connectivity index (χ3n) is 2.67.